The van der Waals surface area contributed by atoms with Gasteiger partial charge < -0.3 is 4.90 Å². The molecule has 1 aromatic rings. The van der Waals surface area contributed by atoms with Crippen LogP contribution in [-0.4, -0.2) is 29.8 Å². The molecule has 0 aromatic heterocycles. The van der Waals surface area contributed by atoms with Gasteiger partial charge in [0.2, 0.25) is 0 Å². The normalized spacial score (nSPS) is 27.4. The predicted molar refractivity (Wildman–Crippen MR) is 73.0 cm³/mol. The first-order valence-electron chi connectivity index (χ1n) is 7.14. The number of alkyl halides is 2. The molecule has 1 saturated carbocycles. The van der Waals surface area contributed by atoms with Gasteiger partial charge in [0.1, 0.15) is 0 Å². The molecule has 2 atom stereocenters. The molecule has 1 aliphatic heterocycles. The largest absolute Gasteiger partial charge is 0.326 e. The maximum Gasteiger partial charge on any atom is 0.282 e. The molecule has 0 bridgehead atoms. The summed E-state index contributed by atoms with van der Waals surface area (Å²) in [4.78, 5) is 13.2. The fraction of sp³-hybridized carbons (Fsp3) is 0.562. The summed E-state index contributed by atoms with van der Waals surface area (Å²) < 4.78 is 25.5. The second-order valence-electron chi connectivity index (χ2n) is 6.39. The Hall–Kier alpha value is -1.45. The van der Waals surface area contributed by atoms with Crippen LogP contribution in [0.4, 0.5) is 8.78 Å². The highest BCUT2D eigenvalue weighted by Gasteiger charge is 2.46. The summed E-state index contributed by atoms with van der Waals surface area (Å²) in [6, 6.07) is 7.48. The summed E-state index contributed by atoms with van der Waals surface area (Å²) in [7, 11) is 0. The third-order valence-electron chi connectivity index (χ3n) is 4.41. The van der Waals surface area contributed by atoms with Gasteiger partial charge in [-0.25, -0.2) is 8.78 Å². The van der Waals surface area contributed by atoms with Crippen LogP contribution in [-0.2, 0) is 0 Å². The van der Waals surface area contributed by atoms with Crippen LogP contribution in [0.1, 0.15) is 42.1 Å². The van der Waals surface area contributed by atoms with E-state index in [0.717, 1.165) is 5.92 Å². The maximum atomic E-state index is 12.8. The quantitative estimate of drug-likeness (QED) is 0.828. The van der Waals surface area contributed by atoms with Gasteiger partial charge in [-0.3, -0.25) is 4.79 Å². The van der Waals surface area contributed by atoms with Crippen molar-refractivity contribution in [3.05, 3.63) is 35.4 Å². The molecule has 2 nitrogen and oxygen atoms in total. The molecule has 4 heteroatoms. The van der Waals surface area contributed by atoms with E-state index in [1.54, 1.807) is 12.1 Å². The molecule has 1 saturated heterocycles. The molecule has 0 spiro atoms. The van der Waals surface area contributed by atoms with Gasteiger partial charge in [0, 0.05) is 5.56 Å². The highest BCUT2D eigenvalue weighted by atomic mass is 19.3. The van der Waals surface area contributed by atoms with Crippen molar-refractivity contribution in [1.82, 2.24) is 4.90 Å². The van der Waals surface area contributed by atoms with Crippen LogP contribution >= 0.6 is 0 Å². The van der Waals surface area contributed by atoms with Gasteiger partial charge in [0.15, 0.2) is 0 Å². The van der Waals surface area contributed by atoms with Crippen LogP contribution in [0.15, 0.2) is 24.3 Å². The van der Waals surface area contributed by atoms with Crippen molar-refractivity contribution in [2.75, 3.05) is 13.1 Å². The highest BCUT2D eigenvalue weighted by molar-refractivity contribution is 5.94. The Bertz CT molecular complexity index is 516. The highest BCUT2D eigenvalue weighted by Crippen LogP contribution is 2.51. The molecule has 20 heavy (non-hydrogen) atoms. The summed E-state index contributed by atoms with van der Waals surface area (Å²) in [5, 5.41) is 0. The fourth-order valence-corrected chi connectivity index (χ4v) is 3.05. The lowest BCUT2D eigenvalue weighted by molar-refractivity contribution is -0.113. The zero-order chi connectivity index (χ0) is 14.5. The minimum Gasteiger partial charge on any atom is -0.326 e. The Morgan fingerprint density at radius 1 is 1.25 bits per heavy atom. The van der Waals surface area contributed by atoms with Crippen molar-refractivity contribution >= 4 is 5.91 Å². The van der Waals surface area contributed by atoms with Crippen molar-refractivity contribution in [3.8, 4) is 0 Å². The summed E-state index contributed by atoms with van der Waals surface area (Å²) in [5.41, 5.74) is 1.76. The predicted octanol–water partition coefficient (Wildman–Crippen LogP) is 3.54. The summed E-state index contributed by atoms with van der Waals surface area (Å²) >= 11 is 0. The Balaban J connectivity index is 1.64. The van der Waals surface area contributed by atoms with Gasteiger partial charge in [0.25, 0.3) is 11.8 Å². The Kier molecular flexibility index (Phi) is 3.07. The van der Waals surface area contributed by atoms with E-state index < -0.39 is 19.0 Å². The van der Waals surface area contributed by atoms with E-state index in [0.29, 0.717) is 17.4 Å². The molecule has 1 aromatic carbocycles. The standard InChI is InChI=1S/C16H19F2NO/c1-10(2)13-7-14(13)11-3-5-12(6-4-11)15(20)19-8-16(17,18)9-19/h3-6,10,13-14H,7-9H2,1-2H3/t13-,14-/m1/s1. The second kappa shape index (κ2) is 4.54. The number of nitrogens with zero attached hydrogens (tertiary/aromatic N) is 1. The molecule has 2 aliphatic rings. The van der Waals surface area contributed by atoms with Crippen molar-refractivity contribution < 1.29 is 13.6 Å². The van der Waals surface area contributed by atoms with Gasteiger partial charge in [-0.15, -0.1) is 0 Å². The number of carbonyl (C=O) groups excluding carboxylic acids is 1. The molecule has 0 unspecified atom stereocenters. The molecular formula is C16H19F2NO. The van der Waals surface area contributed by atoms with Crippen molar-refractivity contribution in [2.24, 2.45) is 11.8 Å². The van der Waals surface area contributed by atoms with Crippen LogP contribution in [0.2, 0.25) is 0 Å². The third kappa shape index (κ3) is 2.43. The van der Waals surface area contributed by atoms with Crippen LogP contribution < -0.4 is 0 Å². The van der Waals surface area contributed by atoms with Crippen LogP contribution in [0.25, 0.3) is 0 Å². The molecule has 1 amide bonds. The van der Waals surface area contributed by atoms with Gasteiger partial charge in [0.05, 0.1) is 13.1 Å². The van der Waals surface area contributed by atoms with Gasteiger partial charge in [-0.05, 0) is 41.9 Å². The Morgan fingerprint density at radius 3 is 2.30 bits per heavy atom. The molecule has 0 N–H and O–H groups in total. The van der Waals surface area contributed by atoms with Crippen molar-refractivity contribution in [3.63, 3.8) is 0 Å². The molecule has 2 fully saturated rings. The van der Waals surface area contributed by atoms with Gasteiger partial charge >= 0.3 is 0 Å². The number of hydrogen-bond donors (Lipinski definition) is 0. The monoisotopic (exact) mass is 279 g/mol. The summed E-state index contributed by atoms with van der Waals surface area (Å²) in [6.07, 6.45) is 1.21. The number of amides is 1. The fourth-order valence-electron chi connectivity index (χ4n) is 3.05. The van der Waals surface area contributed by atoms with E-state index in [9.17, 15) is 13.6 Å². The van der Waals surface area contributed by atoms with Crippen molar-refractivity contribution in [1.29, 1.82) is 0 Å². The average molecular weight is 279 g/mol. The summed E-state index contributed by atoms with van der Waals surface area (Å²) in [6.45, 7) is 3.55. The topological polar surface area (TPSA) is 20.3 Å². The van der Waals surface area contributed by atoms with E-state index in [2.05, 4.69) is 13.8 Å². The van der Waals surface area contributed by atoms with Crippen LogP contribution in [0.5, 0.6) is 0 Å². The van der Waals surface area contributed by atoms with E-state index in [4.69, 9.17) is 0 Å². The third-order valence-corrected chi connectivity index (χ3v) is 4.41. The summed E-state index contributed by atoms with van der Waals surface area (Å²) in [5.74, 6) is -0.963. The smallest absolute Gasteiger partial charge is 0.282 e. The number of benzene rings is 1. The first-order valence-corrected chi connectivity index (χ1v) is 7.14. The molecular weight excluding hydrogens is 260 g/mol. The Labute approximate surface area is 117 Å². The lowest BCUT2D eigenvalue weighted by atomic mass is 10.0. The Morgan fingerprint density at radius 2 is 1.85 bits per heavy atom. The first kappa shape index (κ1) is 13.5. The number of halogens is 2. The number of hydrogen-bond acceptors (Lipinski definition) is 1. The van der Waals surface area contributed by atoms with E-state index in [1.807, 2.05) is 12.1 Å². The zero-order valence-electron chi connectivity index (χ0n) is 11.8. The molecule has 0 radical (unpaired) electrons. The minimum absolute atomic E-state index is 0.293. The second-order valence-corrected chi connectivity index (χ2v) is 6.39. The van der Waals surface area contributed by atoms with E-state index in [-0.39, 0.29) is 5.91 Å². The number of carbonyl (C=O) groups is 1. The van der Waals surface area contributed by atoms with Crippen LogP contribution in [0, 0.1) is 11.8 Å². The van der Waals surface area contributed by atoms with Crippen molar-refractivity contribution in [2.45, 2.75) is 32.1 Å². The molecule has 1 heterocycles. The van der Waals surface area contributed by atoms with Gasteiger partial charge in [-0.2, -0.15) is 0 Å². The van der Waals surface area contributed by atoms with Gasteiger partial charge in [-0.1, -0.05) is 26.0 Å². The first-order chi connectivity index (χ1) is 9.37. The van der Waals surface area contributed by atoms with E-state index >= 15 is 0 Å². The van der Waals surface area contributed by atoms with E-state index in [1.165, 1.54) is 16.9 Å². The molecule has 3 rings (SSSR count). The number of rotatable bonds is 3. The number of likely N-dealkylation sites (tertiary alicyclic amines) is 1. The molecule has 108 valence electrons. The minimum atomic E-state index is -2.70. The maximum absolute atomic E-state index is 12.8. The zero-order valence-corrected chi connectivity index (χ0v) is 11.8. The average Bonchev–Trinajstić information content (AvgIpc) is 3.15. The molecule has 1 aliphatic carbocycles. The van der Waals surface area contributed by atoms with Crippen LogP contribution in [0.3, 0.4) is 0 Å². The lowest BCUT2D eigenvalue weighted by Crippen LogP contribution is -2.58. The lowest BCUT2D eigenvalue weighted by Gasteiger charge is -2.38. The SMILES string of the molecule is CC(C)[C@H]1C[C@@H]1c1ccc(C(=O)N2CC(F)(F)C2)cc1.